The second-order valence-electron chi connectivity index (χ2n) is 7.80. The van der Waals surface area contributed by atoms with Crippen molar-refractivity contribution in [1.29, 1.82) is 0 Å². The molecule has 0 N–H and O–H groups in total. The Hall–Kier alpha value is -3.59. The summed E-state index contributed by atoms with van der Waals surface area (Å²) in [5, 5.41) is 0.253. The molecule has 33 heavy (non-hydrogen) atoms. The predicted molar refractivity (Wildman–Crippen MR) is 122 cm³/mol. The molecule has 0 bridgehead atoms. The Morgan fingerprint density at radius 2 is 1.79 bits per heavy atom. The molecule has 1 saturated heterocycles. The number of Topliss-reactive ketones (excluding diaryl/α,β-unsaturated/α-hetero) is 1. The van der Waals surface area contributed by atoms with E-state index in [1.54, 1.807) is 30.3 Å². The zero-order valence-electron chi connectivity index (χ0n) is 18.8. The van der Waals surface area contributed by atoms with Crippen LogP contribution in [0.4, 0.5) is 0 Å². The topological polar surface area (TPSA) is 98.0 Å². The molecule has 0 unspecified atom stereocenters. The van der Waals surface area contributed by atoms with Crippen LogP contribution < -0.4 is 25.5 Å². The second-order valence-corrected chi connectivity index (χ2v) is 7.80. The van der Waals surface area contributed by atoms with Gasteiger partial charge in [-0.3, -0.25) is 18.7 Å². The van der Waals surface area contributed by atoms with Gasteiger partial charge >= 0.3 is 5.69 Å². The van der Waals surface area contributed by atoms with Crippen molar-refractivity contribution in [3.63, 3.8) is 0 Å². The molecule has 0 aliphatic carbocycles. The summed E-state index contributed by atoms with van der Waals surface area (Å²) >= 11 is 0. The smallest absolute Gasteiger partial charge is 0.331 e. The highest BCUT2D eigenvalue weighted by molar-refractivity contribution is 5.97. The maximum atomic E-state index is 13.5. The van der Waals surface area contributed by atoms with Crippen molar-refractivity contribution in [2.45, 2.75) is 32.0 Å². The summed E-state index contributed by atoms with van der Waals surface area (Å²) in [6.07, 6.45) is 1.41. The van der Waals surface area contributed by atoms with E-state index in [0.29, 0.717) is 34.9 Å². The Balaban J connectivity index is 1.88. The van der Waals surface area contributed by atoms with Crippen LogP contribution in [0.15, 0.2) is 46.0 Å². The van der Waals surface area contributed by atoms with Gasteiger partial charge in [-0.1, -0.05) is 12.1 Å². The number of nitrogens with zero attached hydrogens (tertiary/aromatic N) is 2. The first-order chi connectivity index (χ1) is 16.0. The molecule has 0 spiro atoms. The largest absolute Gasteiger partial charge is 0.497 e. The number of benzene rings is 2. The maximum absolute atomic E-state index is 13.5. The summed E-state index contributed by atoms with van der Waals surface area (Å²) in [5.41, 5.74) is -0.350. The number of methoxy groups -OCH3 is 3. The standard InChI is InChI=1S/C24H26N2O7/c1-30-16-7-4-6-15(10-16)20(27)14-25-19-12-22(32-3)21(31-2)11-18(19)23(28)26(24(25)29)13-17-8-5-9-33-17/h4,6-7,10-12,17H,5,8-9,13-14H2,1-3H3/t17-/m0/s1. The van der Waals surface area contributed by atoms with E-state index < -0.39 is 11.2 Å². The third kappa shape index (κ3) is 4.36. The van der Waals surface area contributed by atoms with Crippen LogP contribution in [-0.4, -0.2) is 49.0 Å². The van der Waals surface area contributed by atoms with Crippen molar-refractivity contribution in [1.82, 2.24) is 9.13 Å². The number of ether oxygens (including phenoxy) is 4. The lowest BCUT2D eigenvalue weighted by molar-refractivity contribution is 0.0939. The molecule has 2 aromatic carbocycles. The minimum absolute atomic E-state index is 0.120. The molecule has 0 radical (unpaired) electrons. The zero-order chi connectivity index (χ0) is 23.5. The molecule has 4 rings (SSSR count). The lowest BCUT2D eigenvalue weighted by Crippen LogP contribution is -2.43. The van der Waals surface area contributed by atoms with E-state index in [4.69, 9.17) is 18.9 Å². The Morgan fingerprint density at radius 1 is 1.03 bits per heavy atom. The average Bonchev–Trinajstić information content (AvgIpc) is 3.36. The molecule has 9 heteroatoms. The van der Waals surface area contributed by atoms with E-state index in [1.165, 1.54) is 32.0 Å². The molecule has 0 saturated carbocycles. The summed E-state index contributed by atoms with van der Waals surface area (Å²) in [6, 6.07) is 9.79. The lowest BCUT2D eigenvalue weighted by Gasteiger charge is -2.17. The first-order valence-electron chi connectivity index (χ1n) is 10.6. The first-order valence-corrected chi connectivity index (χ1v) is 10.6. The third-order valence-corrected chi connectivity index (χ3v) is 5.83. The van der Waals surface area contributed by atoms with Gasteiger partial charge in [-0.15, -0.1) is 0 Å². The summed E-state index contributed by atoms with van der Waals surface area (Å²) in [4.78, 5) is 39.9. The van der Waals surface area contributed by atoms with Gasteiger partial charge < -0.3 is 18.9 Å². The SMILES string of the molecule is COc1cccc(C(=O)Cn2c(=O)n(C[C@@H]3CCCO3)c(=O)c3cc(OC)c(OC)cc32)c1. The summed E-state index contributed by atoms with van der Waals surface area (Å²) in [5.74, 6) is 0.945. The molecule has 1 fully saturated rings. The van der Waals surface area contributed by atoms with Crippen LogP contribution in [0.1, 0.15) is 23.2 Å². The molecular formula is C24H26N2O7. The van der Waals surface area contributed by atoms with Gasteiger partial charge in [0, 0.05) is 18.2 Å². The van der Waals surface area contributed by atoms with Crippen molar-refractivity contribution < 1.29 is 23.7 Å². The summed E-state index contributed by atoms with van der Waals surface area (Å²) in [7, 11) is 4.45. The van der Waals surface area contributed by atoms with Crippen molar-refractivity contribution in [3.8, 4) is 17.2 Å². The second kappa shape index (κ2) is 9.50. The lowest BCUT2D eigenvalue weighted by atomic mass is 10.1. The van der Waals surface area contributed by atoms with Crippen molar-refractivity contribution in [2.75, 3.05) is 27.9 Å². The molecule has 1 atom stereocenters. The van der Waals surface area contributed by atoms with Crippen LogP contribution in [0.2, 0.25) is 0 Å². The monoisotopic (exact) mass is 454 g/mol. The molecule has 3 aromatic rings. The molecule has 0 amide bonds. The number of fused-ring (bicyclic) bond motifs is 1. The summed E-state index contributed by atoms with van der Waals surface area (Å²) < 4.78 is 24.0. The van der Waals surface area contributed by atoms with Crippen LogP contribution in [0.25, 0.3) is 10.9 Å². The fourth-order valence-electron chi connectivity index (χ4n) is 4.08. The van der Waals surface area contributed by atoms with E-state index in [0.717, 1.165) is 17.4 Å². The highest BCUT2D eigenvalue weighted by atomic mass is 16.5. The van der Waals surface area contributed by atoms with Gasteiger partial charge in [0.2, 0.25) is 0 Å². The normalized spacial score (nSPS) is 15.5. The summed E-state index contributed by atoms with van der Waals surface area (Å²) in [6.45, 7) is 0.458. The van der Waals surface area contributed by atoms with Gasteiger partial charge in [0.25, 0.3) is 5.56 Å². The van der Waals surface area contributed by atoms with E-state index in [1.807, 2.05) is 0 Å². The fourth-order valence-corrected chi connectivity index (χ4v) is 4.08. The van der Waals surface area contributed by atoms with Crippen LogP contribution in [0.3, 0.4) is 0 Å². The van der Waals surface area contributed by atoms with Crippen LogP contribution in [0.5, 0.6) is 17.2 Å². The first kappa shape index (κ1) is 22.6. The van der Waals surface area contributed by atoms with Crippen LogP contribution >= 0.6 is 0 Å². The Kier molecular flexibility index (Phi) is 6.50. The molecular weight excluding hydrogens is 428 g/mol. The quantitative estimate of drug-likeness (QED) is 0.482. The Morgan fingerprint density at radius 3 is 2.45 bits per heavy atom. The van der Waals surface area contributed by atoms with E-state index >= 15 is 0 Å². The van der Waals surface area contributed by atoms with Gasteiger partial charge in [-0.25, -0.2) is 4.79 Å². The molecule has 9 nitrogen and oxygen atoms in total. The predicted octanol–water partition coefficient (Wildman–Crippen LogP) is 2.25. The van der Waals surface area contributed by atoms with Crippen molar-refractivity contribution in [2.24, 2.45) is 0 Å². The van der Waals surface area contributed by atoms with Gasteiger partial charge in [-0.2, -0.15) is 0 Å². The van der Waals surface area contributed by atoms with Gasteiger partial charge in [0.15, 0.2) is 17.3 Å². The number of carbonyl (C=O) groups is 1. The number of aromatic nitrogens is 2. The number of hydrogen-bond donors (Lipinski definition) is 0. The van der Waals surface area contributed by atoms with Crippen LogP contribution in [-0.2, 0) is 17.8 Å². The Bertz CT molecular complexity index is 1300. The molecule has 1 aliphatic heterocycles. The van der Waals surface area contributed by atoms with Crippen LogP contribution in [0, 0.1) is 0 Å². The number of hydrogen-bond acceptors (Lipinski definition) is 7. The average molecular weight is 454 g/mol. The number of ketones is 1. The maximum Gasteiger partial charge on any atom is 0.331 e. The molecule has 1 aliphatic rings. The highest BCUT2D eigenvalue weighted by Gasteiger charge is 2.23. The molecule has 2 heterocycles. The third-order valence-electron chi connectivity index (χ3n) is 5.83. The fraction of sp³-hybridized carbons (Fsp3) is 0.375. The van der Waals surface area contributed by atoms with E-state index in [9.17, 15) is 14.4 Å². The molecule has 174 valence electrons. The molecule has 1 aromatic heterocycles. The Labute approximate surface area is 190 Å². The van der Waals surface area contributed by atoms with Gasteiger partial charge in [-0.05, 0) is 31.0 Å². The van der Waals surface area contributed by atoms with Crippen molar-refractivity contribution in [3.05, 3.63) is 62.8 Å². The van der Waals surface area contributed by atoms with Crippen molar-refractivity contribution >= 4 is 16.7 Å². The van der Waals surface area contributed by atoms with E-state index in [2.05, 4.69) is 0 Å². The number of rotatable bonds is 8. The van der Waals surface area contributed by atoms with E-state index in [-0.39, 0.29) is 30.4 Å². The van der Waals surface area contributed by atoms with Gasteiger partial charge in [0.1, 0.15) is 5.75 Å². The zero-order valence-corrected chi connectivity index (χ0v) is 18.8. The number of carbonyl (C=O) groups excluding carboxylic acids is 1. The van der Waals surface area contributed by atoms with Gasteiger partial charge in [0.05, 0.1) is 51.4 Å². The minimum Gasteiger partial charge on any atom is -0.497 e. The minimum atomic E-state index is -0.577. The highest BCUT2D eigenvalue weighted by Crippen LogP contribution is 2.30.